The average molecular weight is 221 g/mol. The van der Waals surface area contributed by atoms with E-state index in [-0.39, 0.29) is 6.04 Å². The predicted molar refractivity (Wildman–Crippen MR) is 68.6 cm³/mol. The fourth-order valence-electron chi connectivity index (χ4n) is 1.65. The van der Waals surface area contributed by atoms with Crippen LogP contribution in [-0.4, -0.2) is 19.3 Å². The molecule has 0 saturated heterocycles. The molecular formula is C14H23NO. The van der Waals surface area contributed by atoms with E-state index in [2.05, 4.69) is 38.1 Å². The quantitative estimate of drug-likeness (QED) is 0.718. The van der Waals surface area contributed by atoms with Crippen LogP contribution in [0.15, 0.2) is 24.3 Å². The Balaban J connectivity index is 2.34. The summed E-state index contributed by atoms with van der Waals surface area (Å²) in [6, 6.07) is 8.79. The molecule has 0 saturated carbocycles. The Morgan fingerprint density at radius 3 is 2.31 bits per heavy atom. The summed E-state index contributed by atoms with van der Waals surface area (Å²) in [4.78, 5) is 0. The number of hydrogen-bond acceptors (Lipinski definition) is 2. The fourth-order valence-corrected chi connectivity index (χ4v) is 1.65. The minimum Gasteiger partial charge on any atom is -0.380 e. The lowest BCUT2D eigenvalue weighted by Gasteiger charge is -2.12. The molecule has 16 heavy (non-hydrogen) atoms. The molecule has 0 aliphatic rings. The van der Waals surface area contributed by atoms with Crippen molar-refractivity contribution in [2.45, 2.75) is 39.2 Å². The van der Waals surface area contributed by atoms with E-state index in [4.69, 9.17) is 10.5 Å². The van der Waals surface area contributed by atoms with Crippen molar-refractivity contribution in [1.29, 1.82) is 0 Å². The number of nitrogens with two attached hydrogens (primary N) is 1. The van der Waals surface area contributed by atoms with Gasteiger partial charge in [-0.2, -0.15) is 0 Å². The van der Waals surface area contributed by atoms with Gasteiger partial charge in [0.2, 0.25) is 0 Å². The first-order chi connectivity index (χ1) is 7.76. The smallest absolute Gasteiger partial charge is 0.0620 e. The van der Waals surface area contributed by atoms with E-state index < -0.39 is 0 Å². The molecule has 1 rings (SSSR count). The summed E-state index contributed by atoms with van der Waals surface area (Å²) >= 11 is 0. The molecule has 0 amide bonds. The molecule has 2 nitrogen and oxygen atoms in total. The normalized spacial score (nSPS) is 12.7. The topological polar surface area (TPSA) is 35.2 Å². The molecule has 1 atom stereocenters. The summed E-state index contributed by atoms with van der Waals surface area (Å²) in [6.07, 6.45) is 3.04. The van der Waals surface area contributed by atoms with Gasteiger partial charge in [-0.1, -0.05) is 38.1 Å². The Labute approximate surface area is 98.8 Å². The third-order valence-corrected chi connectivity index (χ3v) is 2.61. The van der Waals surface area contributed by atoms with E-state index in [0.29, 0.717) is 6.61 Å². The van der Waals surface area contributed by atoms with Gasteiger partial charge in [-0.15, -0.1) is 0 Å². The highest BCUT2D eigenvalue weighted by molar-refractivity contribution is 5.23. The molecule has 0 aliphatic carbocycles. The van der Waals surface area contributed by atoms with Gasteiger partial charge in [0.05, 0.1) is 6.61 Å². The van der Waals surface area contributed by atoms with E-state index in [1.807, 2.05) is 0 Å². The maximum absolute atomic E-state index is 5.99. The highest BCUT2D eigenvalue weighted by atomic mass is 16.5. The molecule has 1 unspecified atom stereocenters. The molecule has 0 spiro atoms. The largest absolute Gasteiger partial charge is 0.380 e. The third kappa shape index (κ3) is 4.77. The lowest BCUT2D eigenvalue weighted by molar-refractivity contribution is 0.121. The lowest BCUT2D eigenvalue weighted by atomic mass is 10.0. The highest BCUT2D eigenvalue weighted by Gasteiger charge is 2.03. The zero-order valence-electron chi connectivity index (χ0n) is 10.4. The maximum atomic E-state index is 5.99. The number of rotatable bonds is 7. The van der Waals surface area contributed by atoms with Gasteiger partial charge in [0, 0.05) is 12.6 Å². The van der Waals surface area contributed by atoms with Gasteiger partial charge < -0.3 is 10.5 Å². The van der Waals surface area contributed by atoms with Crippen molar-refractivity contribution in [3.8, 4) is 0 Å². The monoisotopic (exact) mass is 221 g/mol. The molecule has 0 heterocycles. The standard InChI is InChI=1S/C14H23NO/c1-3-9-16-11-14(15)10-13-7-5-12(4-2)6-8-13/h5-8,14H,3-4,9-11,15H2,1-2H3. The first-order valence-electron chi connectivity index (χ1n) is 6.17. The molecule has 1 aromatic rings. The summed E-state index contributed by atoms with van der Waals surface area (Å²) in [6.45, 7) is 5.74. The van der Waals surface area contributed by atoms with Gasteiger partial charge in [0.1, 0.15) is 0 Å². The fraction of sp³-hybridized carbons (Fsp3) is 0.571. The Morgan fingerprint density at radius 2 is 1.75 bits per heavy atom. The first-order valence-corrected chi connectivity index (χ1v) is 6.17. The minimum absolute atomic E-state index is 0.110. The minimum atomic E-state index is 0.110. The van der Waals surface area contributed by atoms with E-state index in [0.717, 1.165) is 25.9 Å². The first kappa shape index (κ1) is 13.2. The summed E-state index contributed by atoms with van der Waals surface area (Å²) in [5.41, 5.74) is 8.66. The van der Waals surface area contributed by atoms with E-state index in [1.54, 1.807) is 0 Å². The maximum Gasteiger partial charge on any atom is 0.0620 e. The number of ether oxygens (including phenoxy) is 1. The van der Waals surface area contributed by atoms with Crippen LogP contribution in [-0.2, 0) is 17.6 Å². The lowest BCUT2D eigenvalue weighted by Crippen LogP contribution is -2.28. The van der Waals surface area contributed by atoms with Crippen LogP contribution in [0.5, 0.6) is 0 Å². The van der Waals surface area contributed by atoms with Gasteiger partial charge in [-0.3, -0.25) is 0 Å². The molecule has 0 aromatic heterocycles. The summed E-state index contributed by atoms with van der Waals surface area (Å²) in [7, 11) is 0. The second-order valence-electron chi connectivity index (χ2n) is 4.21. The molecular weight excluding hydrogens is 198 g/mol. The van der Waals surface area contributed by atoms with Gasteiger partial charge in [-0.05, 0) is 30.4 Å². The van der Waals surface area contributed by atoms with Crippen molar-refractivity contribution in [3.63, 3.8) is 0 Å². The number of aryl methyl sites for hydroxylation is 1. The Kier molecular flexibility index (Phi) is 6.12. The van der Waals surface area contributed by atoms with Crippen molar-refractivity contribution in [3.05, 3.63) is 35.4 Å². The van der Waals surface area contributed by atoms with Gasteiger partial charge in [-0.25, -0.2) is 0 Å². The van der Waals surface area contributed by atoms with Gasteiger partial charge in [0.15, 0.2) is 0 Å². The van der Waals surface area contributed by atoms with Crippen LogP contribution < -0.4 is 5.73 Å². The SMILES string of the molecule is CCCOCC(N)Cc1ccc(CC)cc1. The molecule has 0 fully saturated rings. The van der Waals surface area contributed by atoms with E-state index in [1.165, 1.54) is 11.1 Å². The molecule has 0 radical (unpaired) electrons. The molecule has 2 heteroatoms. The Morgan fingerprint density at radius 1 is 1.12 bits per heavy atom. The van der Waals surface area contributed by atoms with Crippen molar-refractivity contribution in [2.75, 3.05) is 13.2 Å². The van der Waals surface area contributed by atoms with E-state index in [9.17, 15) is 0 Å². The van der Waals surface area contributed by atoms with Crippen LogP contribution >= 0.6 is 0 Å². The summed E-state index contributed by atoms with van der Waals surface area (Å²) < 4.78 is 5.44. The van der Waals surface area contributed by atoms with Crippen LogP contribution in [0.1, 0.15) is 31.4 Å². The second kappa shape index (κ2) is 7.42. The Hall–Kier alpha value is -0.860. The van der Waals surface area contributed by atoms with Crippen molar-refractivity contribution >= 4 is 0 Å². The molecule has 0 aliphatic heterocycles. The zero-order valence-corrected chi connectivity index (χ0v) is 10.4. The van der Waals surface area contributed by atoms with Crippen LogP contribution in [0, 0.1) is 0 Å². The van der Waals surface area contributed by atoms with Crippen molar-refractivity contribution < 1.29 is 4.74 Å². The van der Waals surface area contributed by atoms with Gasteiger partial charge >= 0.3 is 0 Å². The Bertz CT molecular complexity index is 281. The van der Waals surface area contributed by atoms with Crippen LogP contribution in [0.4, 0.5) is 0 Å². The van der Waals surface area contributed by atoms with Crippen molar-refractivity contribution in [2.24, 2.45) is 5.73 Å². The third-order valence-electron chi connectivity index (χ3n) is 2.61. The summed E-state index contributed by atoms with van der Waals surface area (Å²) in [5.74, 6) is 0. The molecule has 2 N–H and O–H groups in total. The molecule has 90 valence electrons. The van der Waals surface area contributed by atoms with Crippen LogP contribution in [0.3, 0.4) is 0 Å². The van der Waals surface area contributed by atoms with Crippen LogP contribution in [0.25, 0.3) is 0 Å². The molecule has 0 bridgehead atoms. The summed E-state index contributed by atoms with van der Waals surface area (Å²) in [5, 5.41) is 0. The second-order valence-corrected chi connectivity index (χ2v) is 4.21. The zero-order chi connectivity index (χ0) is 11.8. The van der Waals surface area contributed by atoms with Crippen LogP contribution in [0.2, 0.25) is 0 Å². The average Bonchev–Trinajstić information content (AvgIpc) is 2.30. The van der Waals surface area contributed by atoms with Crippen molar-refractivity contribution in [1.82, 2.24) is 0 Å². The van der Waals surface area contributed by atoms with Gasteiger partial charge in [0.25, 0.3) is 0 Å². The van der Waals surface area contributed by atoms with E-state index >= 15 is 0 Å². The number of benzene rings is 1. The highest BCUT2D eigenvalue weighted by Crippen LogP contribution is 2.07. The number of hydrogen-bond donors (Lipinski definition) is 1. The predicted octanol–water partition coefficient (Wildman–Crippen LogP) is 2.55. The molecule has 1 aromatic carbocycles.